The van der Waals surface area contributed by atoms with Crippen LogP contribution in [0.5, 0.6) is 5.75 Å². The topological polar surface area (TPSA) is 71.3 Å². The minimum absolute atomic E-state index is 0.00425. The summed E-state index contributed by atoms with van der Waals surface area (Å²) >= 11 is 0. The summed E-state index contributed by atoms with van der Waals surface area (Å²) in [5.74, 6) is 0.650. The van der Waals surface area contributed by atoms with Crippen molar-refractivity contribution in [3.63, 3.8) is 0 Å². The minimum atomic E-state index is -3.83. The Morgan fingerprint density at radius 2 is 1.53 bits per heavy atom. The molecule has 2 N–H and O–H groups in total. The Hall–Kier alpha value is -2.09. The predicted octanol–water partition coefficient (Wildman–Crippen LogP) is 3.04. The van der Waals surface area contributed by atoms with E-state index in [0.29, 0.717) is 18.0 Å². The molecule has 2 aromatic carbocycles. The number of unbranched alkanes of at least 4 members (excludes halogenated alkanes) is 2. The van der Waals surface area contributed by atoms with Gasteiger partial charge in [0.2, 0.25) is 0 Å². The lowest BCUT2D eigenvalue weighted by Crippen LogP contribution is -3.13. The molecule has 6 nitrogen and oxygen atoms in total. The van der Waals surface area contributed by atoms with Crippen molar-refractivity contribution >= 4 is 15.7 Å². The smallest absolute Gasteiger partial charge is 0.264 e. The first-order valence-corrected chi connectivity index (χ1v) is 13.0. The number of quaternary nitrogens is 1. The Bertz CT molecular complexity index is 891. The van der Waals surface area contributed by atoms with Gasteiger partial charge in [-0.3, -0.25) is 4.31 Å². The van der Waals surface area contributed by atoms with E-state index in [-0.39, 0.29) is 11.4 Å². The van der Waals surface area contributed by atoms with Crippen LogP contribution in [0.25, 0.3) is 0 Å². The molecule has 7 heteroatoms. The van der Waals surface area contributed by atoms with E-state index >= 15 is 0 Å². The molecule has 0 amide bonds. The fraction of sp³-hybridized carbons (Fsp3) is 0.520. The van der Waals surface area contributed by atoms with Crippen molar-refractivity contribution in [1.29, 1.82) is 0 Å². The third-order valence-corrected chi connectivity index (χ3v) is 7.45. The summed E-state index contributed by atoms with van der Waals surface area (Å²) in [6.07, 6.45) is 3.61. The largest absolute Gasteiger partial charge is 0.497 e. The van der Waals surface area contributed by atoms with Crippen molar-refractivity contribution in [2.75, 3.05) is 37.6 Å². The molecule has 0 heterocycles. The van der Waals surface area contributed by atoms with Gasteiger partial charge in [-0.05, 0) is 56.2 Å². The van der Waals surface area contributed by atoms with Gasteiger partial charge in [-0.2, -0.15) is 0 Å². The third kappa shape index (κ3) is 7.50. The van der Waals surface area contributed by atoms with Gasteiger partial charge < -0.3 is 14.7 Å². The van der Waals surface area contributed by atoms with Crippen LogP contribution in [0.2, 0.25) is 0 Å². The first-order valence-electron chi connectivity index (χ1n) is 11.6. The number of ether oxygens (including phenoxy) is 1. The molecule has 1 unspecified atom stereocenters. The Morgan fingerprint density at radius 1 is 0.969 bits per heavy atom. The molecule has 0 aliphatic rings. The summed E-state index contributed by atoms with van der Waals surface area (Å²) < 4.78 is 33.6. The molecule has 1 atom stereocenters. The van der Waals surface area contributed by atoms with Crippen molar-refractivity contribution in [3.8, 4) is 5.75 Å². The molecular weight excluding hydrogens is 424 g/mol. The maximum atomic E-state index is 13.5. The first kappa shape index (κ1) is 26.2. The van der Waals surface area contributed by atoms with Crippen molar-refractivity contribution in [2.45, 2.75) is 57.5 Å². The van der Waals surface area contributed by atoms with Crippen LogP contribution in [0.15, 0.2) is 53.4 Å². The lowest BCUT2D eigenvalue weighted by molar-refractivity contribution is -0.903. The van der Waals surface area contributed by atoms with Crippen LogP contribution in [0.1, 0.15) is 45.1 Å². The summed E-state index contributed by atoms with van der Waals surface area (Å²) in [7, 11) is -2.26. The summed E-state index contributed by atoms with van der Waals surface area (Å²) in [4.78, 5) is 1.54. The Kier molecular flexibility index (Phi) is 10.5. The zero-order valence-electron chi connectivity index (χ0n) is 19.9. The van der Waals surface area contributed by atoms with Crippen molar-refractivity contribution in [1.82, 2.24) is 0 Å². The number of benzene rings is 2. The molecule has 0 aromatic heterocycles. The third-order valence-electron chi connectivity index (χ3n) is 5.64. The number of methoxy groups -OCH3 is 1. The molecule has 2 rings (SSSR count). The van der Waals surface area contributed by atoms with Crippen LogP contribution in [0, 0.1) is 6.92 Å². The minimum Gasteiger partial charge on any atom is -0.497 e. The molecule has 0 radical (unpaired) electrons. The van der Waals surface area contributed by atoms with E-state index in [4.69, 9.17) is 4.74 Å². The van der Waals surface area contributed by atoms with Gasteiger partial charge in [-0.1, -0.05) is 44.4 Å². The highest BCUT2D eigenvalue weighted by molar-refractivity contribution is 7.92. The zero-order chi connectivity index (χ0) is 23.6. The van der Waals surface area contributed by atoms with E-state index < -0.39 is 16.1 Å². The summed E-state index contributed by atoms with van der Waals surface area (Å²) in [6.45, 7) is 8.74. The number of nitrogens with zero attached hydrogens (tertiary/aromatic N) is 1. The summed E-state index contributed by atoms with van der Waals surface area (Å²) in [6, 6.07) is 13.7. The quantitative estimate of drug-likeness (QED) is 0.452. The highest BCUT2D eigenvalue weighted by atomic mass is 32.2. The van der Waals surface area contributed by atoms with Gasteiger partial charge in [0.15, 0.2) is 0 Å². The number of sulfonamides is 1. The van der Waals surface area contributed by atoms with E-state index in [1.54, 1.807) is 55.6 Å². The molecule has 32 heavy (non-hydrogen) atoms. The lowest BCUT2D eigenvalue weighted by Gasteiger charge is -2.29. The Balaban J connectivity index is 2.30. The van der Waals surface area contributed by atoms with E-state index in [1.807, 2.05) is 6.92 Å². The van der Waals surface area contributed by atoms with Gasteiger partial charge in [0.05, 0.1) is 37.3 Å². The number of anilines is 1. The van der Waals surface area contributed by atoms with Crippen LogP contribution < -0.4 is 13.9 Å². The van der Waals surface area contributed by atoms with E-state index in [0.717, 1.165) is 44.3 Å². The fourth-order valence-electron chi connectivity index (χ4n) is 3.70. The van der Waals surface area contributed by atoms with Crippen LogP contribution in [-0.2, 0) is 10.0 Å². The molecule has 0 spiro atoms. The number of aliphatic hydroxyl groups excluding tert-OH is 1. The van der Waals surface area contributed by atoms with Gasteiger partial charge in [0.1, 0.15) is 18.4 Å². The van der Waals surface area contributed by atoms with Crippen LogP contribution >= 0.6 is 0 Å². The second-order valence-corrected chi connectivity index (χ2v) is 10.2. The molecule has 0 saturated carbocycles. The molecular formula is C25H39N2O4S+. The van der Waals surface area contributed by atoms with E-state index in [2.05, 4.69) is 13.8 Å². The standard InChI is InChI=1S/C25H38N2O4S/c1-5-7-17-26(18-8-6-2)19-23(28)20-27(22-11-13-24(31-4)14-12-22)32(29,30)25-15-9-21(3)10-16-25/h9-16,23,28H,5-8,17-20H2,1-4H3/p+1. The average Bonchev–Trinajstić information content (AvgIpc) is 2.79. The van der Waals surface area contributed by atoms with E-state index in [1.165, 1.54) is 9.21 Å². The second kappa shape index (κ2) is 12.8. The lowest BCUT2D eigenvalue weighted by atomic mass is 10.2. The Labute approximate surface area is 193 Å². The monoisotopic (exact) mass is 463 g/mol. The molecule has 0 fully saturated rings. The normalized spacial score (nSPS) is 12.7. The molecule has 0 aliphatic heterocycles. The van der Waals surface area contributed by atoms with Crippen LogP contribution in [0.3, 0.4) is 0 Å². The van der Waals surface area contributed by atoms with Crippen molar-refractivity contribution in [3.05, 3.63) is 54.1 Å². The highest BCUT2D eigenvalue weighted by Gasteiger charge is 2.28. The molecule has 2 aromatic rings. The van der Waals surface area contributed by atoms with Crippen molar-refractivity contribution in [2.24, 2.45) is 0 Å². The predicted molar refractivity (Wildman–Crippen MR) is 130 cm³/mol. The van der Waals surface area contributed by atoms with Gasteiger partial charge in [-0.25, -0.2) is 8.42 Å². The molecule has 0 bridgehead atoms. The van der Waals surface area contributed by atoms with Gasteiger partial charge in [0.25, 0.3) is 10.0 Å². The fourth-order valence-corrected chi connectivity index (χ4v) is 5.20. The second-order valence-electron chi connectivity index (χ2n) is 8.36. The maximum Gasteiger partial charge on any atom is 0.264 e. The van der Waals surface area contributed by atoms with Gasteiger partial charge >= 0.3 is 0 Å². The zero-order valence-corrected chi connectivity index (χ0v) is 20.7. The number of aryl methyl sites for hydroxylation is 1. The number of hydrogen-bond acceptors (Lipinski definition) is 4. The number of hydrogen-bond donors (Lipinski definition) is 2. The first-order chi connectivity index (χ1) is 15.3. The average molecular weight is 464 g/mol. The van der Waals surface area contributed by atoms with Gasteiger partial charge in [-0.15, -0.1) is 0 Å². The molecule has 0 saturated heterocycles. The SMILES string of the molecule is CCCC[NH+](CCCC)CC(O)CN(c1ccc(OC)cc1)S(=O)(=O)c1ccc(C)cc1. The number of aliphatic hydroxyl groups is 1. The molecule has 0 aliphatic carbocycles. The maximum absolute atomic E-state index is 13.5. The number of nitrogens with one attached hydrogen (secondary N) is 1. The van der Waals surface area contributed by atoms with Crippen LogP contribution in [-0.4, -0.2) is 52.9 Å². The van der Waals surface area contributed by atoms with Crippen molar-refractivity contribution < 1.29 is 23.2 Å². The van der Waals surface area contributed by atoms with Gasteiger partial charge in [0, 0.05) is 0 Å². The molecule has 178 valence electrons. The number of rotatable bonds is 14. The summed E-state index contributed by atoms with van der Waals surface area (Å²) in [5.41, 5.74) is 1.50. The van der Waals surface area contributed by atoms with E-state index in [9.17, 15) is 13.5 Å². The Morgan fingerprint density at radius 3 is 2.03 bits per heavy atom. The summed E-state index contributed by atoms with van der Waals surface area (Å²) in [5, 5.41) is 11.0. The van der Waals surface area contributed by atoms with Crippen LogP contribution in [0.4, 0.5) is 5.69 Å². The highest BCUT2D eigenvalue weighted by Crippen LogP contribution is 2.26.